The molecular formula is C26H30ClN3O3. The van der Waals surface area contributed by atoms with Crippen molar-refractivity contribution in [1.82, 2.24) is 9.97 Å². The molecule has 0 unspecified atom stereocenters. The largest absolute Gasteiger partial charge is 0.496 e. The molecular weight excluding hydrogens is 438 g/mol. The number of pyridine rings is 2. The number of anilines is 1. The molecule has 174 valence electrons. The zero-order chi connectivity index (χ0) is 24.3. The molecule has 0 spiro atoms. The number of benzene rings is 1. The van der Waals surface area contributed by atoms with E-state index in [-0.39, 0.29) is 11.7 Å². The van der Waals surface area contributed by atoms with Gasteiger partial charge >= 0.3 is 6.09 Å². The third kappa shape index (κ3) is 5.63. The van der Waals surface area contributed by atoms with Gasteiger partial charge < -0.3 is 9.47 Å². The van der Waals surface area contributed by atoms with Crippen LogP contribution in [0, 0.1) is 20.8 Å². The Labute approximate surface area is 200 Å². The lowest BCUT2D eigenvalue weighted by atomic mass is 10.0. The fraction of sp³-hybridized carbons (Fsp3) is 0.346. The molecule has 0 saturated heterocycles. The first-order valence-electron chi connectivity index (χ1n) is 10.7. The fourth-order valence-electron chi connectivity index (χ4n) is 3.62. The molecule has 1 amide bonds. The Morgan fingerprint density at radius 3 is 2.39 bits per heavy atom. The van der Waals surface area contributed by atoms with Crippen LogP contribution in [0.4, 0.5) is 10.5 Å². The second-order valence-electron chi connectivity index (χ2n) is 8.96. The van der Waals surface area contributed by atoms with Crippen molar-refractivity contribution in [2.75, 3.05) is 12.0 Å². The first kappa shape index (κ1) is 24.5. The summed E-state index contributed by atoms with van der Waals surface area (Å²) in [5.41, 5.74) is 5.18. The van der Waals surface area contributed by atoms with E-state index in [1.807, 2.05) is 71.9 Å². The van der Waals surface area contributed by atoms with E-state index in [0.29, 0.717) is 11.4 Å². The number of aryl methyl sites for hydroxylation is 2. The summed E-state index contributed by atoms with van der Waals surface area (Å²) in [6.45, 7) is 11.5. The molecule has 0 N–H and O–H groups in total. The van der Waals surface area contributed by atoms with Gasteiger partial charge in [0, 0.05) is 29.1 Å². The molecule has 0 aliphatic heterocycles. The summed E-state index contributed by atoms with van der Waals surface area (Å²) >= 11 is 6.52. The molecule has 2 heterocycles. The maximum atomic E-state index is 13.3. The van der Waals surface area contributed by atoms with E-state index < -0.39 is 11.7 Å². The van der Waals surface area contributed by atoms with Gasteiger partial charge in [-0.15, -0.1) is 0 Å². The first-order chi connectivity index (χ1) is 15.5. The zero-order valence-electron chi connectivity index (χ0n) is 20.2. The van der Waals surface area contributed by atoms with Crippen molar-refractivity contribution < 1.29 is 14.3 Å². The highest BCUT2D eigenvalue weighted by Crippen LogP contribution is 2.34. The predicted octanol–water partition coefficient (Wildman–Crippen LogP) is 6.67. The van der Waals surface area contributed by atoms with Gasteiger partial charge in [0.2, 0.25) is 0 Å². The smallest absolute Gasteiger partial charge is 0.415 e. The van der Waals surface area contributed by atoms with Crippen molar-refractivity contribution in [1.29, 1.82) is 0 Å². The summed E-state index contributed by atoms with van der Waals surface area (Å²) in [5, 5.41) is 0.204. The van der Waals surface area contributed by atoms with E-state index in [4.69, 9.17) is 21.1 Å². The Balaban J connectivity index is 2.12. The van der Waals surface area contributed by atoms with E-state index in [9.17, 15) is 4.79 Å². The summed E-state index contributed by atoms with van der Waals surface area (Å²) in [4.78, 5) is 23.7. The van der Waals surface area contributed by atoms with E-state index in [2.05, 4.69) is 9.97 Å². The molecule has 33 heavy (non-hydrogen) atoms. The van der Waals surface area contributed by atoms with Crippen LogP contribution in [0.1, 0.15) is 43.2 Å². The minimum absolute atomic E-state index is 0.149. The van der Waals surface area contributed by atoms with Crippen LogP contribution in [0.3, 0.4) is 0 Å². The van der Waals surface area contributed by atoms with Crippen LogP contribution in [-0.2, 0) is 11.3 Å². The molecule has 3 aromatic rings. The quantitative estimate of drug-likeness (QED) is 0.392. The average molecular weight is 468 g/mol. The molecule has 7 heteroatoms. The van der Waals surface area contributed by atoms with Crippen molar-refractivity contribution in [2.45, 2.75) is 53.7 Å². The van der Waals surface area contributed by atoms with E-state index >= 15 is 0 Å². The lowest BCUT2D eigenvalue weighted by Crippen LogP contribution is -2.37. The summed E-state index contributed by atoms with van der Waals surface area (Å²) in [6.07, 6.45) is 2.91. The monoisotopic (exact) mass is 467 g/mol. The SMILES string of the molecule is COc1c(C)cnc(CN(C(=O)OC(C)(C)C)c2cc(-c3ccccc3C)cnc2Cl)c1C. The number of carbonyl (C=O) groups excluding carboxylic acids is 1. The Hall–Kier alpha value is -3.12. The molecule has 2 aromatic heterocycles. The number of carbonyl (C=O) groups is 1. The standard InChI is InChI=1S/C26H30ClN3O3/c1-16-10-8-9-11-20(16)19-12-22(24(27)29-14-19)30(25(31)33-26(4,5)6)15-21-18(3)23(32-7)17(2)13-28-21/h8-14H,15H2,1-7H3. The summed E-state index contributed by atoms with van der Waals surface area (Å²) in [7, 11) is 1.62. The van der Waals surface area contributed by atoms with Gasteiger partial charge in [0.05, 0.1) is 25.0 Å². The highest BCUT2D eigenvalue weighted by atomic mass is 35.5. The molecule has 3 rings (SSSR count). The maximum Gasteiger partial charge on any atom is 0.415 e. The van der Waals surface area contributed by atoms with Gasteiger partial charge in [0.25, 0.3) is 0 Å². The van der Waals surface area contributed by atoms with Gasteiger partial charge in [-0.05, 0) is 58.7 Å². The second-order valence-corrected chi connectivity index (χ2v) is 9.32. The fourth-order valence-corrected chi connectivity index (χ4v) is 3.82. The molecule has 6 nitrogen and oxygen atoms in total. The number of ether oxygens (including phenoxy) is 2. The van der Waals surface area contributed by atoms with Crippen LogP contribution in [-0.4, -0.2) is 28.8 Å². The van der Waals surface area contributed by atoms with Crippen LogP contribution in [0.2, 0.25) is 5.15 Å². The molecule has 0 radical (unpaired) electrons. The van der Waals surface area contributed by atoms with Crippen LogP contribution in [0.25, 0.3) is 11.1 Å². The molecule has 0 aliphatic rings. The first-order valence-corrected chi connectivity index (χ1v) is 11.1. The number of amides is 1. The van der Waals surface area contributed by atoms with Crippen LogP contribution >= 0.6 is 11.6 Å². The van der Waals surface area contributed by atoms with Crippen molar-refractivity contribution in [3.05, 3.63) is 70.3 Å². The third-order valence-corrected chi connectivity index (χ3v) is 5.53. The molecule has 0 aliphatic carbocycles. The normalized spacial score (nSPS) is 11.3. The summed E-state index contributed by atoms with van der Waals surface area (Å²) < 4.78 is 11.3. The van der Waals surface area contributed by atoms with Gasteiger partial charge in [0.15, 0.2) is 5.15 Å². The van der Waals surface area contributed by atoms with Gasteiger partial charge in [-0.3, -0.25) is 9.88 Å². The number of methoxy groups -OCH3 is 1. The summed E-state index contributed by atoms with van der Waals surface area (Å²) in [5.74, 6) is 0.738. The Morgan fingerprint density at radius 1 is 1.06 bits per heavy atom. The number of nitrogens with zero attached hydrogens (tertiary/aromatic N) is 3. The van der Waals surface area contributed by atoms with Crippen LogP contribution in [0.5, 0.6) is 5.75 Å². The minimum Gasteiger partial charge on any atom is -0.496 e. The summed E-state index contributed by atoms with van der Waals surface area (Å²) in [6, 6.07) is 9.85. The number of hydrogen-bond acceptors (Lipinski definition) is 5. The van der Waals surface area contributed by atoms with Crippen molar-refractivity contribution in [3.8, 4) is 16.9 Å². The van der Waals surface area contributed by atoms with Crippen molar-refractivity contribution >= 4 is 23.4 Å². The average Bonchev–Trinajstić information content (AvgIpc) is 2.73. The maximum absolute atomic E-state index is 13.3. The van der Waals surface area contributed by atoms with Gasteiger partial charge in [-0.2, -0.15) is 0 Å². The van der Waals surface area contributed by atoms with E-state index in [1.165, 1.54) is 4.90 Å². The number of hydrogen-bond donors (Lipinski definition) is 0. The number of rotatable bonds is 5. The highest BCUT2D eigenvalue weighted by molar-refractivity contribution is 6.32. The van der Waals surface area contributed by atoms with Crippen molar-refractivity contribution in [3.63, 3.8) is 0 Å². The van der Waals surface area contributed by atoms with Gasteiger partial charge in [0.1, 0.15) is 11.4 Å². The van der Waals surface area contributed by atoms with Gasteiger partial charge in [-0.1, -0.05) is 35.9 Å². The lowest BCUT2D eigenvalue weighted by molar-refractivity contribution is 0.0577. The van der Waals surface area contributed by atoms with Crippen LogP contribution in [0.15, 0.2) is 42.7 Å². The molecule has 1 aromatic carbocycles. The van der Waals surface area contributed by atoms with Crippen molar-refractivity contribution in [2.24, 2.45) is 0 Å². The molecule has 0 fully saturated rings. The zero-order valence-corrected chi connectivity index (χ0v) is 20.9. The van der Waals surface area contributed by atoms with E-state index in [1.54, 1.807) is 19.5 Å². The third-order valence-electron chi connectivity index (χ3n) is 5.24. The Morgan fingerprint density at radius 2 is 1.76 bits per heavy atom. The Kier molecular flexibility index (Phi) is 7.28. The topological polar surface area (TPSA) is 64.5 Å². The molecule has 0 atom stereocenters. The molecule has 0 bridgehead atoms. The second kappa shape index (κ2) is 9.79. The predicted molar refractivity (Wildman–Crippen MR) is 132 cm³/mol. The van der Waals surface area contributed by atoms with Gasteiger partial charge in [-0.25, -0.2) is 9.78 Å². The van der Waals surface area contributed by atoms with E-state index in [0.717, 1.165) is 33.6 Å². The number of aromatic nitrogens is 2. The van der Waals surface area contributed by atoms with Crippen LogP contribution < -0.4 is 9.64 Å². The number of halogens is 1. The lowest BCUT2D eigenvalue weighted by Gasteiger charge is -2.28. The minimum atomic E-state index is -0.684. The Bertz CT molecular complexity index is 1170. The highest BCUT2D eigenvalue weighted by Gasteiger charge is 2.27. The molecule has 0 saturated carbocycles.